The SMILES string of the molecule is CC1CC2CCCCC2N1S(=O)(=O)C1CCCC(C(=O)NC2CCC(F)C([NH+]=O)C2)C1. The van der Waals surface area contributed by atoms with Gasteiger partial charge in [-0.3, -0.25) is 4.79 Å². The second-order valence-electron chi connectivity index (χ2n) is 10.3. The van der Waals surface area contributed by atoms with E-state index in [-0.39, 0.29) is 42.8 Å². The maximum Gasteiger partial charge on any atom is 0.231 e. The molecule has 9 heteroatoms. The zero-order valence-electron chi connectivity index (χ0n) is 18.5. The number of fused-ring (bicyclic) bond motifs is 1. The minimum atomic E-state index is -3.45. The maximum atomic E-state index is 13.7. The number of nitrogens with one attached hydrogen (secondary N) is 2. The highest BCUT2D eigenvalue weighted by Crippen LogP contribution is 2.43. The molecule has 4 fully saturated rings. The highest BCUT2D eigenvalue weighted by Gasteiger charge is 2.49. The number of sulfonamides is 1. The van der Waals surface area contributed by atoms with Crippen molar-refractivity contribution in [2.75, 3.05) is 0 Å². The number of carbonyl (C=O) groups is 1. The first kappa shape index (κ1) is 23.1. The summed E-state index contributed by atoms with van der Waals surface area (Å²) in [7, 11) is -3.45. The predicted octanol–water partition coefficient (Wildman–Crippen LogP) is 1.75. The largest absolute Gasteiger partial charge is 0.353 e. The van der Waals surface area contributed by atoms with Crippen molar-refractivity contribution in [1.82, 2.24) is 9.62 Å². The Morgan fingerprint density at radius 3 is 2.55 bits per heavy atom. The first-order valence-corrected chi connectivity index (χ1v) is 13.7. The van der Waals surface area contributed by atoms with Crippen LogP contribution in [0.4, 0.5) is 4.39 Å². The van der Waals surface area contributed by atoms with Gasteiger partial charge in [-0.15, -0.1) is 0 Å². The highest BCUT2D eigenvalue weighted by atomic mass is 32.2. The van der Waals surface area contributed by atoms with Crippen molar-refractivity contribution in [3.63, 3.8) is 0 Å². The summed E-state index contributed by atoms with van der Waals surface area (Å²) in [4.78, 5) is 23.9. The molecule has 0 bridgehead atoms. The third-order valence-corrected chi connectivity index (χ3v) is 10.7. The van der Waals surface area contributed by atoms with Gasteiger partial charge in [0.15, 0.2) is 6.17 Å². The van der Waals surface area contributed by atoms with Gasteiger partial charge in [0.25, 0.3) is 0 Å². The van der Waals surface area contributed by atoms with Gasteiger partial charge in [-0.05, 0) is 69.4 Å². The Kier molecular flexibility index (Phi) is 7.01. The topological polar surface area (TPSA) is 97.5 Å². The van der Waals surface area contributed by atoms with E-state index in [4.69, 9.17) is 0 Å². The van der Waals surface area contributed by atoms with E-state index in [1.165, 1.54) is 6.42 Å². The van der Waals surface area contributed by atoms with Gasteiger partial charge in [0.05, 0.1) is 5.25 Å². The van der Waals surface area contributed by atoms with E-state index in [2.05, 4.69) is 5.32 Å². The van der Waals surface area contributed by atoms with Gasteiger partial charge >= 0.3 is 0 Å². The molecule has 8 unspecified atom stereocenters. The Morgan fingerprint density at radius 2 is 1.77 bits per heavy atom. The molecule has 1 aliphatic heterocycles. The molecule has 4 rings (SSSR count). The van der Waals surface area contributed by atoms with E-state index in [0.717, 1.165) is 32.1 Å². The second-order valence-corrected chi connectivity index (χ2v) is 12.4. The number of nitroso groups, excluding NO2 is 1. The third-order valence-electron chi connectivity index (χ3n) is 8.25. The van der Waals surface area contributed by atoms with Gasteiger partial charge in [0.2, 0.25) is 22.0 Å². The van der Waals surface area contributed by atoms with E-state index in [9.17, 15) is 22.5 Å². The highest BCUT2D eigenvalue weighted by molar-refractivity contribution is 7.89. The van der Waals surface area contributed by atoms with Crippen LogP contribution in [0.1, 0.15) is 84.0 Å². The van der Waals surface area contributed by atoms with Crippen LogP contribution < -0.4 is 10.5 Å². The Bertz CT molecular complexity index is 779. The molecule has 2 N–H and O–H groups in total. The Labute approximate surface area is 184 Å². The van der Waals surface area contributed by atoms with Crippen LogP contribution in [0.5, 0.6) is 0 Å². The number of hydrogen-bond donors (Lipinski definition) is 2. The normalized spacial score (nSPS) is 42.0. The summed E-state index contributed by atoms with van der Waals surface area (Å²) in [6.45, 7) is 2.03. The van der Waals surface area contributed by atoms with Gasteiger partial charge < -0.3 is 5.32 Å². The lowest BCUT2D eigenvalue weighted by Gasteiger charge is -2.37. The molecule has 0 aromatic carbocycles. The van der Waals surface area contributed by atoms with Crippen molar-refractivity contribution < 1.29 is 22.8 Å². The van der Waals surface area contributed by atoms with Crippen molar-refractivity contribution in [1.29, 1.82) is 0 Å². The van der Waals surface area contributed by atoms with Crippen LogP contribution in [0.3, 0.4) is 0 Å². The molecule has 3 saturated carbocycles. The molecule has 1 amide bonds. The number of amides is 1. The molecule has 0 radical (unpaired) electrons. The fraction of sp³-hybridized carbons (Fsp3) is 0.955. The van der Waals surface area contributed by atoms with E-state index >= 15 is 0 Å². The Hall–Kier alpha value is -1.09. The van der Waals surface area contributed by atoms with Crippen LogP contribution in [0.15, 0.2) is 0 Å². The molecule has 0 spiro atoms. The lowest BCUT2D eigenvalue weighted by Crippen LogP contribution is -2.77. The second kappa shape index (κ2) is 9.41. The minimum absolute atomic E-state index is 0.0414. The molecule has 176 valence electrons. The van der Waals surface area contributed by atoms with E-state index in [1.54, 1.807) is 5.18 Å². The molecule has 8 atom stereocenters. The summed E-state index contributed by atoms with van der Waals surface area (Å²) in [5.41, 5.74) is 0. The number of rotatable bonds is 5. The van der Waals surface area contributed by atoms with Gasteiger partial charge in [-0.2, -0.15) is 4.31 Å². The summed E-state index contributed by atoms with van der Waals surface area (Å²) in [6, 6.07) is -0.835. The quantitative estimate of drug-likeness (QED) is 0.656. The molecular weight excluding hydrogens is 421 g/mol. The van der Waals surface area contributed by atoms with Gasteiger partial charge in [0, 0.05) is 35.4 Å². The smallest absolute Gasteiger partial charge is 0.231 e. The molecule has 0 aromatic rings. The number of alkyl halides is 1. The maximum absolute atomic E-state index is 13.7. The molecule has 0 aromatic heterocycles. The lowest BCUT2D eigenvalue weighted by molar-refractivity contribution is -0.538. The van der Waals surface area contributed by atoms with Crippen molar-refractivity contribution in [3.8, 4) is 0 Å². The van der Waals surface area contributed by atoms with Gasteiger partial charge in [-0.25, -0.2) is 12.8 Å². The summed E-state index contributed by atoms with van der Waals surface area (Å²) in [5.74, 6) is 0.00151. The molecule has 31 heavy (non-hydrogen) atoms. The third kappa shape index (κ3) is 4.68. The Morgan fingerprint density at radius 1 is 1.00 bits per heavy atom. The number of nitrogens with zero attached hydrogens (tertiary/aromatic N) is 1. The fourth-order valence-corrected chi connectivity index (χ4v) is 9.16. The summed E-state index contributed by atoms with van der Waals surface area (Å²) < 4.78 is 42.8. The minimum Gasteiger partial charge on any atom is -0.353 e. The van der Waals surface area contributed by atoms with E-state index in [0.29, 0.717) is 31.6 Å². The molecule has 3 aliphatic carbocycles. The number of hydrogen-bond acceptors (Lipinski definition) is 4. The number of halogens is 1. The van der Waals surface area contributed by atoms with E-state index < -0.39 is 27.5 Å². The Balaban J connectivity index is 1.39. The van der Waals surface area contributed by atoms with Crippen LogP contribution in [0.2, 0.25) is 0 Å². The molecule has 7 nitrogen and oxygen atoms in total. The van der Waals surface area contributed by atoms with Crippen LogP contribution in [-0.4, -0.2) is 54.2 Å². The molecule has 1 heterocycles. The van der Waals surface area contributed by atoms with Crippen LogP contribution in [0, 0.1) is 16.7 Å². The number of carbonyl (C=O) groups excluding carboxylic acids is 1. The first-order valence-electron chi connectivity index (χ1n) is 12.2. The molecule has 4 aliphatic rings. The summed E-state index contributed by atoms with van der Waals surface area (Å²) in [6.07, 6.45) is 7.55. The van der Waals surface area contributed by atoms with Crippen molar-refractivity contribution in [3.05, 3.63) is 4.91 Å². The average Bonchev–Trinajstić information content (AvgIpc) is 3.11. The van der Waals surface area contributed by atoms with Crippen LogP contribution in [-0.2, 0) is 14.8 Å². The van der Waals surface area contributed by atoms with Crippen LogP contribution in [0.25, 0.3) is 0 Å². The molecule has 1 saturated heterocycles. The van der Waals surface area contributed by atoms with Crippen molar-refractivity contribution in [2.45, 2.75) is 120 Å². The first-order chi connectivity index (χ1) is 14.8. The predicted molar refractivity (Wildman–Crippen MR) is 115 cm³/mol. The summed E-state index contributed by atoms with van der Waals surface area (Å²) in [5, 5.41) is 4.23. The zero-order valence-corrected chi connectivity index (χ0v) is 19.3. The average molecular weight is 459 g/mol. The van der Waals surface area contributed by atoms with Gasteiger partial charge in [-0.1, -0.05) is 19.3 Å². The van der Waals surface area contributed by atoms with Gasteiger partial charge in [0.1, 0.15) is 0 Å². The van der Waals surface area contributed by atoms with Crippen molar-refractivity contribution in [2.24, 2.45) is 11.8 Å². The zero-order chi connectivity index (χ0) is 22.2. The fourth-order valence-electron chi connectivity index (χ4n) is 6.64. The monoisotopic (exact) mass is 458 g/mol. The lowest BCUT2D eigenvalue weighted by atomic mass is 9.85. The standard InChI is InChI=1S/C22H36FN3O4S/c1-14-11-15-5-2-3-8-21(15)26(14)31(29,30)18-7-4-6-16(12-18)22(27)24-17-9-10-19(23)20(13-17)25-28/h14-21H,2-13H2,1H3,(H,24,27)/p+1. The van der Waals surface area contributed by atoms with E-state index in [1.807, 2.05) is 11.2 Å². The van der Waals surface area contributed by atoms with Crippen molar-refractivity contribution >= 4 is 15.9 Å². The summed E-state index contributed by atoms with van der Waals surface area (Å²) >= 11 is 0. The molecular formula is C22H37FN3O4S+. The van der Waals surface area contributed by atoms with Crippen LogP contribution >= 0.6 is 0 Å².